The average molecular weight is 682 g/mol. The Hall–Kier alpha value is -4.27. The lowest BCUT2D eigenvalue weighted by Crippen LogP contribution is -2.37. The Morgan fingerprint density at radius 3 is 2.57 bits per heavy atom. The van der Waals surface area contributed by atoms with Gasteiger partial charge >= 0.3 is 19.6 Å². The number of aliphatic hydroxyl groups excluding tert-OH is 2. The van der Waals surface area contributed by atoms with E-state index in [9.17, 15) is 43.6 Å². The van der Waals surface area contributed by atoms with Crippen LogP contribution in [0.25, 0.3) is 0 Å². The molecule has 1 aliphatic carbocycles. The summed E-state index contributed by atoms with van der Waals surface area (Å²) in [5.41, 5.74) is 9.30. The number of nitrogens with two attached hydrogens (primary N) is 2. The second-order valence-corrected chi connectivity index (χ2v) is 12.6. The second kappa shape index (κ2) is 12.7. The van der Waals surface area contributed by atoms with Gasteiger partial charge in [-0.25, -0.2) is 19.1 Å². The highest BCUT2D eigenvalue weighted by atomic mass is 31.2. The zero-order valence-electron chi connectivity index (χ0n) is 25.1. The number of nitrogens with zero attached hydrogens (tertiary/aromatic N) is 4. The predicted molar refractivity (Wildman–Crippen MR) is 157 cm³/mol. The van der Waals surface area contributed by atoms with Gasteiger partial charge in [0.05, 0.1) is 30.2 Å². The molecule has 4 heterocycles. The van der Waals surface area contributed by atoms with Gasteiger partial charge < -0.3 is 45.5 Å². The van der Waals surface area contributed by atoms with E-state index < -0.39 is 86.6 Å². The molecule has 0 saturated carbocycles. The van der Waals surface area contributed by atoms with Gasteiger partial charge in [-0.3, -0.25) is 33.0 Å². The van der Waals surface area contributed by atoms with Crippen molar-refractivity contribution in [3.8, 4) is 0 Å². The Balaban J connectivity index is 1.41. The highest BCUT2D eigenvalue weighted by Crippen LogP contribution is 2.52. The van der Waals surface area contributed by atoms with Crippen molar-refractivity contribution in [3.05, 3.63) is 66.9 Å². The molecule has 1 saturated heterocycles. The number of aliphatic imine (C=N–C) groups is 1. The molecule has 8 N–H and O–H groups in total. The van der Waals surface area contributed by atoms with Crippen LogP contribution < -0.4 is 22.7 Å². The molecule has 0 spiro atoms. The fraction of sp³-hybridized carbons (Fsp3) is 0.462. The van der Waals surface area contributed by atoms with E-state index in [0.29, 0.717) is 0 Å². The number of Topliss-reactive ketones (excluding diaryl/α,β-unsaturated/α-hetero) is 2. The van der Waals surface area contributed by atoms with Crippen molar-refractivity contribution in [1.82, 2.24) is 19.0 Å². The summed E-state index contributed by atoms with van der Waals surface area (Å²) in [6.45, 7) is -0.200. The van der Waals surface area contributed by atoms with Gasteiger partial charge in [0, 0.05) is 44.0 Å². The van der Waals surface area contributed by atoms with Crippen molar-refractivity contribution in [3.63, 3.8) is 0 Å². The number of rotatable bonds is 10. The number of ether oxygens (including phenoxy) is 2. The molecule has 254 valence electrons. The number of ketones is 2. The summed E-state index contributed by atoms with van der Waals surface area (Å²) in [5, 5.41) is 20.9. The first-order valence-corrected chi connectivity index (χ1v) is 15.4. The smallest absolute Gasteiger partial charge is 0.445 e. The summed E-state index contributed by atoms with van der Waals surface area (Å²) in [7, 11) is -1.79. The van der Waals surface area contributed by atoms with Crippen molar-refractivity contribution in [2.45, 2.75) is 56.8 Å². The van der Waals surface area contributed by atoms with E-state index in [0.717, 1.165) is 16.8 Å². The number of aliphatic hydroxyl groups is 2. The van der Waals surface area contributed by atoms with E-state index in [1.807, 2.05) is 4.98 Å². The number of phosphoric acid groups is 1. The van der Waals surface area contributed by atoms with E-state index in [1.165, 1.54) is 17.8 Å². The number of hydrogen-bond acceptors (Lipinski definition) is 14. The molecule has 0 aromatic carbocycles. The predicted octanol–water partition coefficient (Wildman–Crippen LogP) is -1.99. The van der Waals surface area contributed by atoms with Crippen molar-refractivity contribution in [2.75, 3.05) is 20.7 Å². The highest BCUT2D eigenvalue weighted by molar-refractivity contribution is 7.47. The molecular formula is C26H32N7O13P. The lowest BCUT2D eigenvalue weighted by molar-refractivity contribution is -0.0564. The molecule has 20 nitrogen and oxygen atoms in total. The maximum absolute atomic E-state index is 13.7. The lowest BCUT2D eigenvalue weighted by atomic mass is 9.89. The molecule has 3 unspecified atom stereocenters. The third kappa shape index (κ3) is 6.36. The van der Waals surface area contributed by atoms with Crippen LogP contribution in [0.2, 0.25) is 0 Å². The SMILES string of the molecule is CC1=C(N=CN(C)C)C(=O)c2c(COC(N)=O)c3n(c2C1=O)CC(N)C3OP(=O)(O)OC[C@H]1O[C@@H](n2ccc(=O)[nH]c2=O)[C@H](O)[C@@H]1O. The Kier molecular flexibility index (Phi) is 9.23. The molecule has 0 radical (unpaired) electrons. The molecule has 21 heteroatoms. The van der Waals surface area contributed by atoms with Crippen LogP contribution in [-0.2, 0) is 36.2 Å². The first-order valence-electron chi connectivity index (χ1n) is 13.9. The fourth-order valence-electron chi connectivity index (χ4n) is 5.58. The molecule has 3 aliphatic rings. The van der Waals surface area contributed by atoms with Gasteiger partial charge in [0.15, 0.2) is 6.23 Å². The van der Waals surface area contributed by atoms with Crippen LogP contribution in [0.1, 0.15) is 51.4 Å². The Morgan fingerprint density at radius 2 is 1.94 bits per heavy atom. The first kappa shape index (κ1) is 34.1. The van der Waals surface area contributed by atoms with Crippen molar-refractivity contribution in [2.24, 2.45) is 16.5 Å². The van der Waals surface area contributed by atoms with Crippen molar-refractivity contribution in [1.29, 1.82) is 0 Å². The van der Waals surface area contributed by atoms with Crippen LogP contribution in [0.4, 0.5) is 4.79 Å². The normalized spacial score (nSPS) is 26.9. The van der Waals surface area contributed by atoms with Crippen LogP contribution in [0.15, 0.2) is 38.1 Å². The zero-order chi connectivity index (χ0) is 34.5. The van der Waals surface area contributed by atoms with Crippen LogP contribution in [0, 0.1) is 0 Å². The molecule has 1 amide bonds. The molecule has 2 aromatic heterocycles. The molecule has 47 heavy (non-hydrogen) atoms. The molecular weight excluding hydrogens is 649 g/mol. The van der Waals surface area contributed by atoms with Crippen LogP contribution in [0.5, 0.6) is 0 Å². The number of aromatic nitrogens is 3. The van der Waals surface area contributed by atoms with Gasteiger partial charge in [0.1, 0.15) is 42.4 Å². The van der Waals surface area contributed by atoms with E-state index in [2.05, 4.69) is 4.99 Å². The van der Waals surface area contributed by atoms with Gasteiger partial charge in [0.2, 0.25) is 11.6 Å². The Bertz CT molecular complexity index is 1860. The number of aromatic amines is 1. The van der Waals surface area contributed by atoms with Crippen LogP contribution >= 0.6 is 7.82 Å². The fourth-order valence-corrected chi connectivity index (χ4v) is 6.52. The van der Waals surface area contributed by atoms with E-state index in [-0.39, 0.29) is 40.3 Å². The largest absolute Gasteiger partial charge is 0.472 e. The van der Waals surface area contributed by atoms with Crippen LogP contribution in [-0.4, -0.2) is 103 Å². The first-order chi connectivity index (χ1) is 22.0. The lowest BCUT2D eigenvalue weighted by Gasteiger charge is -2.23. The second-order valence-electron chi connectivity index (χ2n) is 11.2. The molecule has 0 bridgehead atoms. The van der Waals surface area contributed by atoms with Gasteiger partial charge in [-0.05, 0) is 6.92 Å². The zero-order valence-corrected chi connectivity index (χ0v) is 26.0. The van der Waals surface area contributed by atoms with E-state index in [1.54, 1.807) is 19.0 Å². The minimum absolute atomic E-state index is 0.0148. The van der Waals surface area contributed by atoms with Crippen molar-refractivity contribution >= 4 is 31.8 Å². The third-order valence-corrected chi connectivity index (χ3v) is 8.67. The van der Waals surface area contributed by atoms with E-state index in [4.69, 9.17) is 30.0 Å². The number of allylic oxidation sites excluding steroid dienone is 2. The Morgan fingerprint density at radius 1 is 1.23 bits per heavy atom. The average Bonchev–Trinajstić information content (AvgIpc) is 3.57. The quantitative estimate of drug-likeness (QED) is 0.0899. The maximum Gasteiger partial charge on any atom is 0.472 e. The maximum atomic E-state index is 13.7. The van der Waals surface area contributed by atoms with Gasteiger partial charge in [0.25, 0.3) is 5.56 Å². The number of carbonyl (C=O) groups excluding carboxylic acids is 3. The van der Waals surface area contributed by atoms with Gasteiger partial charge in [-0.15, -0.1) is 0 Å². The summed E-state index contributed by atoms with van der Waals surface area (Å²) < 4.78 is 36.3. The number of hydrogen-bond donors (Lipinski definition) is 6. The standard InChI is InChI=1S/C26H32N7O13P/c1-10-16(29-9-31(2)3)21(37)15-11(7-43-25(28)39)17-23(12(27)6-33(17)18(15)19(10)35)46-47(41,42)44-8-13-20(36)22(38)24(45-13)32-5-4-14(34)30-26(32)40/h4-5,9,12-13,20,22-24,36,38H,6-8,27H2,1-3H3,(H2,28,39)(H,41,42)(H,30,34,40)/t12?,13-,20-,22-,23?,24-/m1/s1. The molecule has 2 aliphatic heterocycles. The molecule has 2 aromatic rings. The summed E-state index contributed by atoms with van der Waals surface area (Å²) in [5.74, 6) is -1.27. The number of carbonyl (C=O) groups is 3. The number of H-pyrrole nitrogens is 1. The number of phosphoric ester groups is 1. The highest BCUT2D eigenvalue weighted by Gasteiger charge is 2.49. The monoisotopic (exact) mass is 681 g/mol. The third-order valence-electron chi connectivity index (χ3n) is 7.70. The molecule has 7 atom stereocenters. The van der Waals surface area contributed by atoms with Crippen LogP contribution in [0.3, 0.4) is 0 Å². The number of amides is 1. The topological polar surface area (TPSA) is 293 Å². The number of fused-ring (bicyclic) bond motifs is 3. The van der Waals surface area contributed by atoms with Crippen molar-refractivity contribution < 1.29 is 52.6 Å². The minimum atomic E-state index is -5.11. The van der Waals surface area contributed by atoms with Gasteiger partial charge in [-0.1, -0.05) is 0 Å². The van der Waals surface area contributed by atoms with E-state index >= 15 is 0 Å². The summed E-state index contributed by atoms with van der Waals surface area (Å²) in [6, 6.07) is -0.0835. The molecule has 1 fully saturated rings. The minimum Gasteiger partial charge on any atom is -0.445 e. The van der Waals surface area contributed by atoms with Gasteiger partial charge in [-0.2, -0.15) is 0 Å². The summed E-state index contributed by atoms with van der Waals surface area (Å²) in [4.78, 5) is 80.6. The molecule has 5 rings (SSSR count). The number of primary amides is 1. The number of nitrogens with one attached hydrogen (secondary N) is 1. The summed E-state index contributed by atoms with van der Waals surface area (Å²) >= 11 is 0. The Labute approximate surface area is 264 Å². The summed E-state index contributed by atoms with van der Waals surface area (Å²) in [6.07, 6.45) is -6.67.